The first-order valence-electron chi connectivity index (χ1n) is 7.57. The molecule has 1 amide bonds. The minimum Gasteiger partial charge on any atom is -0.274 e. The summed E-state index contributed by atoms with van der Waals surface area (Å²) in [7, 11) is -3.63. The SMILES string of the molecule is Cc1cc(C)cc(CS(=O)(=O)NC(=O)CCCC(C)(C)C)c1. The smallest absolute Gasteiger partial charge is 0.239 e. The number of benzene rings is 1. The molecule has 1 aromatic rings. The van der Waals surface area contributed by atoms with Crippen molar-refractivity contribution in [3.63, 3.8) is 0 Å². The van der Waals surface area contributed by atoms with E-state index in [1.54, 1.807) is 0 Å². The van der Waals surface area contributed by atoms with Gasteiger partial charge < -0.3 is 0 Å². The number of amides is 1. The summed E-state index contributed by atoms with van der Waals surface area (Å²) < 4.78 is 26.3. The van der Waals surface area contributed by atoms with Crippen LogP contribution >= 0.6 is 0 Å². The molecule has 0 aliphatic heterocycles. The number of sulfonamides is 1. The van der Waals surface area contributed by atoms with E-state index < -0.39 is 15.9 Å². The Morgan fingerprint density at radius 3 is 2.14 bits per heavy atom. The van der Waals surface area contributed by atoms with E-state index in [1.165, 1.54) is 0 Å². The van der Waals surface area contributed by atoms with Crippen LogP contribution in [0, 0.1) is 19.3 Å². The zero-order chi connectivity index (χ0) is 17.0. The van der Waals surface area contributed by atoms with Crippen LogP contribution < -0.4 is 4.72 Å². The van der Waals surface area contributed by atoms with Gasteiger partial charge in [0, 0.05) is 6.42 Å². The molecule has 0 radical (unpaired) electrons. The van der Waals surface area contributed by atoms with Gasteiger partial charge in [0.1, 0.15) is 0 Å². The van der Waals surface area contributed by atoms with Gasteiger partial charge in [0.2, 0.25) is 15.9 Å². The maximum absolute atomic E-state index is 12.1. The topological polar surface area (TPSA) is 63.2 Å². The van der Waals surface area contributed by atoms with Crippen molar-refractivity contribution < 1.29 is 13.2 Å². The van der Waals surface area contributed by atoms with Gasteiger partial charge in [-0.15, -0.1) is 0 Å². The first kappa shape index (κ1) is 18.7. The van der Waals surface area contributed by atoms with Crippen LogP contribution in [0.1, 0.15) is 56.7 Å². The fourth-order valence-electron chi connectivity index (χ4n) is 2.41. The lowest BCUT2D eigenvalue weighted by atomic mass is 9.90. The van der Waals surface area contributed by atoms with Gasteiger partial charge in [0.25, 0.3) is 0 Å². The summed E-state index contributed by atoms with van der Waals surface area (Å²) >= 11 is 0. The zero-order valence-corrected chi connectivity index (χ0v) is 15.0. The number of rotatable bonds is 6. The van der Waals surface area contributed by atoms with Crippen LogP contribution in [0.25, 0.3) is 0 Å². The molecule has 5 heteroatoms. The molecule has 0 spiro atoms. The lowest BCUT2D eigenvalue weighted by Gasteiger charge is -2.17. The highest BCUT2D eigenvalue weighted by molar-refractivity contribution is 7.89. The molecule has 1 N–H and O–H groups in total. The van der Waals surface area contributed by atoms with Crippen molar-refractivity contribution >= 4 is 15.9 Å². The Hall–Kier alpha value is -1.36. The van der Waals surface area contributed by atoms with Crippen LogP contribution in [0.3, 0.4) is 0 Å². The van der Waals surface area contributed by atoms with Gasteiger partial charge in [-0.3, -0.25) is 9.52 Å². The highest BCUT2D eigenvalue weighted by Gasteiger charge is 2.17. The summed E-state index contributed by atoms with van der Waals surface area (Å²) in [5, 5.41) is 0. The van der Waals surface area contributed by atoms with Crippen LogP contribution in [-0.2, 0) is 20.6 Å². The van der Waals surface area contributed by atoms with Crippen LogP contribution in [0.4, 0.5) is 0 Å². The Balaban J connectivity index is 2.58. The molecule has 124 valence electrons. The Labute approximate surface area is 134 Å². The molecule has 0 saturated carbocycles. The largest absolute Gasteiger partial charge is 0.274 e. The van der Waals surface area contributed by atoms with Crippen molar-refractivity contribution in [1.82, 2.24) is 4.72 Å². The van der Waals surface area contributed by atoms with Gasteiger partial charge in [-0.2, -0.15) is 0 Å². The molecule has 0 aliphatic rings. The summed E-state index contributed by atoms with van der Waals surface area (Å²) in [4.78, 5) is 11.8. The van der Waals surface area contributed by atoms with E-state index in [1.807, 2.05) is 32.0 Å². The van der Waals surface area contributed by atoms with E-state index in [9.17, 15) is 13.2 Å². The van der Waals surface area contributed by atoms with E-state index in [-0.39, 0.29) is 17.6 Å². The lowest BCUT2D eigenvalue weighted by Crippen LogP contribution is -2.31. The monoisotopic (exact) mass is 325 g/mol. The molecule has 0 aliphatic carbocycles. The molecule has 0 aromatic heterocycles. The highest BCUT2D eigenvalue weighted by atomic mass is 32.2. The number of carbonyl (C=O) groups is 1. The number of nitrogens with one attached hydrogen (secondary N) is 1. The molecule has 0 bridgehead atoms. The Morgan fingerprint density at radius 2 is 1.64 bits per heavy atom. The summed E-state index contributed by atoms with van der Waals surface area (Å²) in [5.41, 5.74) is 2.88. The van der Waals surface area contributed by atoms with Crippen molar-refractivity contribution in [2.75, 3.05) is 0 Å². The Bertz CT molecular complexity index is 608. The highest BCUT2D eigenvalue weighted by Crippen LogP contribution is 2.21. The van der Waals surface area contributed by atoms with E-state index in [2.05, 4.69) is 25.5 Å². The molecule has 0 fully saturated rings. The third-order valence-electron chi connectivity index (χ3n) is 3.24. The number of hydrogen-bond donors (Lipinski definition) is 1. The van der Waals surface area contributed by atoms with Gasteiger partial charge in [0.15, 0.2) is 0 Å². The second kappa shape index (κ2) is 7.27. The Kier molecular flexibility index (Phi) is 6.17. The second-order valence-corrected chi connectivity index (χ2v) is 8.92. The van der Waals surface area contributed by atoms with Crippen LogP contribution in [0.2, 0.25) is 0 Å². The fraction of sp³-hybridized carbons (Fsp3) is 0.588. The van der Waals surface area contributed by atoms with E-state index in [4.69, 9.17) is 0 Å². The summed E-state index contributed by atoms with van der Waals surface area (Å²) in [6.07, 6.45) is 1.81. The molecular formula is C17H27NO3S. The minimum absolute atomic E-state index is 0.151. The van der Waals surface area contributed by atoms with Crippen molar-refractivity contribution in [3.8, 4) is 0 Å². The molecule has 0 atom stereocenters. The van der Waals surface area contributed by atoms with Crippen molar-refractivity contribution in [2.45, 2.75) is 59.6 Å². The fourth-order valence-corrected chi connectivity index (χ4v) is 3.54. The predicted octanol–water partition coefficient (Wildman–Crippen LogP) is 3.47. The summed E-state index contributed by atoms with van der Waals surface area (Å²) in [6.45, 7) is 10.1. The Morgan fingerprint density at radius 1 is 1.09 bits per heavy atom. The first-order valence-corrected chi connectivity index (χ1v) is 9.23. The average Bonchev–Trinajstić information content (AvgIpc) is 2.22. The molecule has 0 saturated heterocycles. The normalized spacial score (nSPS) is 12.2. The van der Waals surface area contributed by atoms with Crippen molar-refractivity contribution in [3.05, 3.63) is 34.9 Å². The molecule has 1 aromatic carbocycles. The minimum atomic E-state index is -3.63. The van der Waals surface area contributed by atoms with Gasteiger partial charge in [-0.05, 0) is 37.7 Å². The molecular weight excluding hydrogens is 298 g/mol. The van der Waals surface area contributed by atoms with Crippen molar-refractivity contribution in [2.24, 2.45) is 5.41 Å². The number of hydrogen-bond acceptors (Lipinski definition) is 3. The molecule has 0 unspecified atom stereocenters. The summed E-state index contributed by atoms with van der Waals surface area (Å²) in [6, 6.07) is 5.65. The quantitative estimate of drug-likeness (QED) is 0.871. The molecule has 1 rings (SSSR count). The van der Waals surface area contributed by atoms with Crippen molar-refractivity contribution in [1.29, 1.82) is 0 Å². The average molecular weight is 325 g/mol. The van der Waals surface area contributed by atoms with Crippen LogP contribution in [-0.4, -0.2) is 14.3 Å². The van der Waals surface area contributed by atoms with E-state index in [0.717, 1.165) is 17.5 Å². The molecule has 0 heterocycles. The third kappa shape index (κ3) is 7.59. The van der Waals surface area contributed by atoms with Gasteiger partial charge in [-0.1, -0.05) is 50.1 Å². The standard InChI is InChI=1S/C17H27NO3S/c1-13-9-14(2)11-15(10-13)12-22(20,21)18-16(19)7-6-8-17(3,4)5/h9-11H,6-8,12H2,1-5H3,(H,18,19). The summed E-state index contributed by atoms with van der Waals surface area (Å²) in [5.74, 6) is -0.589. The van der Waals surface area contributed by atoms with Crippen LogP contribution in [0.15, 0.2) is 18.2 Å². The molecule has 22 heavy (non-hydrogen) atoms. The van der Waals surface area contributed by atoms with E-state index >= 15 is 0 Å². The molecule has 4 nitrogen and oxygen atoms in total. The predicted molar refractivity (Wildman–Crippen MR) is 90.0 cm³/mol. The van der Waals surface area contributed by atoms with E-state index in [0.29, 0.717) is 12.0 Å². The number of carbonyl (C=O) groups excluding carboxylic acids is 1. The zero-order valence-electron chi connectivity index (χ0n) is 14.2. The lowest BCUT2D eigenvalue weighted by molar-refractivity contribution is -0.119. The number of aryl methyl sites for hydroxylation is 2. The third-order valence-corrected chi connectivity index (χ3v) is 4.49. The maximum Gasteiger partial charge on any atom is 0.239 e. The maximum atomic E-state index is 12.1. The van der Waals surface area contributed by atoms with Crippen LogP contribution in [0.5, 0.6) is 0 Å². The van der Waals surface area contributed by atoms with Gasteiger partial charge in [0.05, 0.1) is 5.75 Å². The second-order valence-electron chi connectivity index (χ2n) is 7.19. The van der Waals surface area contributed by atoms with Gasteiger partial charge >= 0.3 is 0 Å². The first-order chi connectivity index (χ1) is 9.97. The van der Waals surface area contributed by atoms with Gasteiger partial charge in [-0.25, -0.2) is 8.42 Å².